The van der Waals surface area contributed by atoms with Gasteiger partial charge in [0.1, 0.15) is 11.9 Å². The van der Waals surface area contributed by atoms with Crippen LogP contribution in [0.2, 0.25) is 0 Å². The predicted octanol–water partition coefficient (Wildman–Crippen LogP) is 3.56. The van der Waals surface area contributed by atoms with Crippen molar-refractivity contribution in [1.29, 1.82) is 0 Å². The number of benzene rings is 1. The molecule has 0 fully saturated rings. The molecule has 0 bridgehead atoms. The zero-order valence-electron chi connectivity index (χ0n) is 9.29. The molecule has 82 valence electrons. The van der Waals surface area contributed by atoms with E-state index >= 15 is 0 Å². The number of alkyl halides is 1. The quantitative estimate of drug-likeness (QED) is 0.714. The van der Waals surface area contributed by atoms with Gasteiger partial charge in [-0.25, -0.2) is 0 Å². The Balaban J connectivity index is 2.03. The second-order valence-corrected chi connectivity index (χ2v) is 4.86. The van der Waals surface area contributed by atoms with Crippen molar-refractivity contribution in [3.63, 3.8) is 0 Å². The van der Waals surface area contributed by atoms with Gasteiger partial charge >= 0.3 is 0 Å². The number of hydrogen-bond donors (Lipinski definition) is 0. The molecule has 1 aromatic carbocycles. The average Bonchev–Trinajstić information content (AvgIpc) is 2.59. The first-order valence-corrected chi connectivity index (χ1v) is 6.04. The van der Waals surface area contributed by atoms with Crippen molar-refractivity contribution in [3.05, 3.63) is 29.3 Å². The number of halogens is 1. The summed E-state index contributed by atoms with van der Waals surface area (Å²) in [4.78, 5) is 0. The molecule has 0 aliphatic carbocycles. The van der Waals surface area contributed by atoms with Crippen molar-refractivity contribution in [2.75, 3.05) is 5.88 Å². The first-order valence-electron chi connectivity index (χ1n) is 5.51. The third-order valence-corrected chi connectivity index (χ3v) is 3.41. The van der Waals surface area contributed by atoms with E-state index in [0.717, 1.165) is 24.5 Å². The van der Waals surface area contributed by atoms with Gasteiger partial charge in [0.05, 0.1) is 0 Å². The van der Waals surface area contributed by atoms with E-state index in [2.05, 4.69) is 32.0 Å². The molecule has 1 aromatic rings. The zero-order chi connectivity index (χ0) is 10.8. The van der Waals surface area contributed by atoms with Crippen LogP contribution in [0.25, 0.3) is 0 Å². The van der Waals surface area contributed by atoms with Gasteiger partial charge in [-0.2, -0.15) is 0 Å². The van der Waals surface area contributed by atoms with Crippen molar-refractivity contribution in [3.8, 4) is 5.75 Å². The predicted molar refractivity (Wildman–Crippen MR) is 63.8 cm³/mol. The minimum Gasteiger partial charge on any atom is -0.490 e. The third kappa shape index (κ3) is 2.46. The standard InChI is InChI=1S/C13H17ClO/c1-9-3-4-13-11(5-9)7-12(15-13)6-10(2)8-14/h3-5,10,12H,6-8H2,1-2H3. The summed E-state index contributed by atoms with van der Waals surface area (Å²) in [6.45, 7) is 4.29. The summed E-state index contributed by atoms with van der Waals surface area (Å²) in [7, 11) is 0. The average molecular weight is 225 g/mol. The lowest BCUT2D eigenvalue weighted by Crippen LogP contribution is -2.17. The van der Waals surface area contributed by atoms with Crippen LogP contribution in [0.3, 0.4) is 0 Å². The van der Waals surface area contributed by atoms with Crippen LogP contribution in [0, 0.1) is 12.8 Å². The molecular formula is C13H17ClO. The Bertz CT molecular complexity index is 348. The number of fused-ring (bicyclic) bond motifs is 1. The van der Waals surface area contributed by atoms with Crippen LogP contribution in [0.15, 0.2) is 18.2 Å². The summed E-state index contributed by atoms with van der Waals surface area (Å²) in [5.74, 6) is 2.31. The highest BCUT2D eigenvalue weighted by molar-refractivity contribution is 6.18. The largest absolute Gasteiger partial charge is 0.490 e. The molecule has 0 amide bonds. The van der Waals surface area contributed by atoms with Crippen LogP contribution in [-0.4, -0.2) is 12.0 Å². The molecule has 1 heterocycles. The molecule has 0 aromatic heterocycles. The van der Waals surface area contributed by atoms with Crippen LogP contribution in [-0.2, 0) is 6.42 Å². The molecule has 2 rings (SSSR count). The number of ether oxygens (including phenoxy) is 1. The molecule has 0 spiro atoms. The van der Waals surface area contributed by atoms with Gasteiger partial charge in [-0.3, -0.25) is 0 Å². The van der Waals surface area contributed by atoms with Crippen LogP contribution in [0.4, 0.5) is 0 Å². The van der Waals surface area contributed by atoms with E-state index in [-0.39, 0.29) is 0 Å². The van der Waals surface area contributed by atoms with E-state index in [4.69, 9.17) is 16.3 Å². The number of hydrogen-bond acceptors (Lipinski definition) is 1. The second kappa shape index (κ2) is 4.44. The maximum Gasteiger partial charge on any atom is 0.123 e. The highest BCUT2D eigenvalue weighted by atomic mass is 35.5. The molecule has 2 atom stereocenters. The molecule has 2 heteroatoms. The summed E-state index contributed by atoms with van der Waals surface area (Å²) >= 11 is 5.81. The van der Waals surface area contributed by atoms with Crippen molar-refractivity contribution in [1.82, 2.24) is 0 Å². The van der Waals surface area contributed by atoms with Crippen molar-refractivity contribution in [2.24, 2.45) is 5.92 Å². The van der Waals surface area contributed by atoms with Crippen LogP contribution in [0.5, 0.6) is 5.75 Å². The van der Waals surface area contributed by atoms with E-state index in [1.54, 1.807) is 0 Å². The number of rotatable bonds is 3. The van der Waals surface area contributed by atoms with Crippen LogP contribution in [0.1, 0.15) is 24.5 Å². The van der Waals surface area contributed by atoms with Crippen LogP contribution >= 0.6 is 11.6 Å². The highest BCUT2D eigenvalue weighted by Gasteiger charge is 2.23. The normalized spacial score (nSPS) is 20.9. The molecule has 1 nitrogen and oxygen atoms in total. The van der Waals surface area contributed by atoms with Crippen molar-refractivity contribution >= 4 is 11.6 Å². The van der Waals surface area contributed by atoms with E-state index in [1.165, 1.54) is 11.1 Å². The lowest BCUT2D eigenvalue weighted by atomic mass is 10.0. The molecule has 0 N–H and O–H groups in total. The van der Waals surface area contributed by atoms with Gasteiger partial charge in [0, 0.05) is 12.3 Å². The topological polar surface area (TPSA) is 9.23 Å². The number of aryl methyl sites for hydroxylation is 1. The minimum absolute atomic E-state index is 0.329. The monoisotopic (exact) mass is 224 g/mol. The Hall–Kier alpha value is -0.690. The fourth-order valence-corrected chi connectivity index (χ4v) is 2.22. The summed E-state index contributed by atoms with van der Waals surface area (Å²) in [6, 6.07) is 6.41. The van der Waals surface area contributed by atoms with Gasteiger partial charge in [-0.15, -0.1) is 11.6 Å². The van der Waals surface area contributed by atoms with Crippen molar-refractivity contribution in [2.45, 2.75) is 32.8 Å². The fourth-order valence-electron chi connectivity index (χ4n) is 2.09. The lowest BCUT2D eigenvalue weighted by molar-refractivity contribution is 0.203. The Kier molecular flexibility index (Phi) is 3.20. The molecule has 0 radical (unpaired) electrons. The highest BCUT2D eigenvalue weighted by Crippen LogP contribution is 2.31. The molecule has 0 saturated heterocycles. The van der Waals surface area contributed by atoms with Gasteiger partial charge < -0.3 is 4.74 Å². The first kappa shape index (κ1) is 10.8. The molecule has 1 aliphatic heterocycles. The second-order valence-electron chi connectivity index (χ2n) is 4.55. The fraction of sp³-hybridized carbons (Fsp3) is 0.538. The van der Waals surface area contributed by atoms with Gasteiger partial charge in [0.15, 0.2) is 0 Å². The smallest absolute Gasteiger partial charge is 0.123 e. The van der Waals surface area contributed by atoms with Gasteiger partial charge in [-0.05, 0) is 30.9 Å². The Morgan fingerprint density at radius 3 is 3.07 bits per heavy atom. The molecule has 15 heavy (non-hydrogen) atoms. The van der Waals surface area contributed by atoms with Gasteiger partial charge in [-0.1, -0.05) is 24.6 Å². The maximum atomic E-state index is 5.88. The summed E-state index contributed by atoms with van der Waals surface area (Å²) < 4.78 is 5.88. The van der Waals surface area contributed by atoms with Crippen molar-refractivity contribution < 1.29 is 4.74 Å². The molecule has 0 saturated carbocycles. The summed E-state index contributed by atoms with van der Waals surface area (Å²) in [5.41, 5.74) is 2.66. The zero-order valence-corrected chi connectivity index (χ0v) is 10.1. The summed E-state index contributed by atoms with van der Waals surface area (Å²) in [5, 5.41) is 0. The Labute approximate surface area is 96.4 Å². The Morgan fingerprint density at radius 2 is 2.33 bits per heavy atom. The van der Waals surface area contributed by atoms with E-state index < -0.39 is 0 Å². The van der Waals surface area contributed by atoms with E-state index in [0.29, 0.717) is 12.0 Å². The lowest BCUT2D eigenvalue weighted by Gasteiger charge is -2.13. The third-order valence-electron chi connectivity index (χ3n) is 2.89. The molecule has 2 unspecified atom stereocenters. The SMILES string of the molecule is Cc1ccc2c(c1)CC(CC(C)CCl)O2. The Morgan fingerprint density at radius 1 is 1.53 bits per heavy atom. The molecule has 1 aliphatic rings. The molecular weight excluding hydrogens is 208 g/mol. The van der Waals surface area contributed by atoms with E-state index in [1.807, 2.05) is 0 Å². The maximum absolute atomic E-state index is 5.88. The minimum atomic E-state index is 0.329. The van der Waals surface area contributed by atoms with Gasteiger partial charge in [0.2, 0.25) is 0 Å². The van der Waals surface area contributed by atoms with Gasteiger partial charge in [0.25, 0.3) is 0 Å². The summed E-state index contributed by atoms with van der Waals surface area (Å²) in [6.07, 6.45) is 2.42. The van der Waals surface area contributed by atoms with E-state index in [9.17, 15) is 0 Å². The van der Waals surface area contributed by atoms with Crippen LogP contribution < -0.4 is 4.74 Å². The first-order chi connectivity index (χ1) is 7.19.